The van der Waals surface area contributed by atoms with Crippen LogP contribution in [0.15, 0.2) is 86.0 Å². The van der Waals surface area contributed by atoms with Crippen molar-refractivity contribution in [2.24, 2.45) is 0 Å². The molecule has 2 rings (SSSR count). The lowest BCUT2D eigenvalue weighted by atomic mass is 9.96. The van der Waals surface area contributed by atoms with Crippen LogP contribution in [0.2, 0.25) is 0 Å². The van der Waals surface area contributed by atoms with Crippen molar-refractivity contribution in [3.63, 3.8) is 0 Å². The van der Waals surface area contributed by atoms with Crippen LogP contribution in [0, 0.1) is 0 Å². The maximum Gasteiger partial charge on any atom is 0.0782 e. The van der Waals surface area contributed by atoms with Crippen molar-refractivity contribution in [1.29, 1.82) is 0 Å². The molecule has 0 N–H and O–H groups in total. The van der Waals surface area contributed by atoms with Crippen LogP contribution >= 0.6 is 11.6 Å². The van der Waals surface area contributed by atoms with E-state index in [9.17, 15) is 0 Å². The molecule has 0 aromatic heterocycles. The van der Waals surface area contributed by atoms with Gasteiger partial charge >= 0.3 is 0 Å². The lowest BCUT2D eigenvalue weighted by Crippen LogP contribution is -2.32. The Morgan fingerprint density at radius 1 is 0.818 bits per heavy atom. The summed E-state index contributed by atoms with van der Waals surface area (Å²) in [6, 6.07) is 20.7. The van der Waals surface area contributed by atoms with Gasteiger partial charge in [-0.05, 0) is 11.1 Å². The van der Waals surface area contributed by atoms with Gasteiger partial charge in [0.05, 0.1) is 11.4 Å². The quantitative estimate of drug-likeness (QED) is 0.467. The van der Waals surface area contributed by atoms with Gasteiger partial charge in [-0.25, -0.2) is 0 Å². The van der Waals surface area contributed by atoms with Gasteiger partial charge in [-0.15, -0.1) is 24.8 Å². The summed E-state index contributed by atoms with van der Waals surface area (Å²) in [5.41, 5.74) is 2.33. The zero-order valence-electron chi connectivity index (χ0n) is 12.7. The van der Waals surface area contributed by atoms with Crippen LogP contribution in [0.1, 0.15) is 22.5 Å². The monoisotopic (exact) mass is 311 g/mol. The maximum atomic E-state index is 6.86. The number of hydrogen-bond acceptors (Lipinski definition) is 1. The molecular weight excluding hydrogens is 290 g/mol. The highest BCUT2D eigenvalue weighted by Crippen LogP contribution is 2.38. The fraction of sp³-hybridized carbons (Fsp3) is 0.200. The number of alkyl halides is 1. The Labute approximate surface area is 138 Å². The predicted octanol–water partition coefficient (Wildman–Crippen LogP) is 5.38. The first kappa shape index (κ1) is 16.5. The van der Waals surface area contributed by atoms with E-state index in [0.29, 0.717) is 0 Å². The Morgan fingerprint density at radius 3 is 1.73 bits per heavy atom. The molecule has 2 heteroatoms. The minimum Gasteiger partial charge on any atom is -0.287 e. The van der Waals surface area contributed by atoms with Crippen molar-refractivity contribution in [1.82, 2.24) is 4.90 Å². The van der Waals surface area contributed by atoms with Gasteiger partial charge in [-0.2, -0.15) is 0 Å². The van der Waals surface area contributed by atoms with Crippen LogP contribution in [0.3, 0.4) is 0 Å². The van der Waals surface area contributed by atoms with Crippen LogP contribution in [-0.2, 0) is 0 Å². The minimum atomic E-state index is -0.136. The van der Waals surface area contributed by atoms with Crippen LogP contribution < -0.4 is 0 Å². The molecule has 0 aliphatic heterocycles. The normalized spacial score (nSPS) is 13.5. The van der Waals surface area contributed by atoms with Crippen molar-refractivity contribution >= 4 is 11.6 Å². The average Bonchev–Trinajstić information content (AvgIpc) is 2.57. The number of hydrogen-bond donors (Lipinski definition) is 0. The number of benzene rings is 2. The molecule has 0 radical (unpaired) electrons. The van der Waals surface area contributed by atoms with Crippen molar-refractivity contribution in [2.75, 3.05) is 13.1 Å². The molecule has 0 spiro atoms. The van der Waals surface area contributed by atoms with E-state index in [1.54, 1.807) is 0 Å². The Hall–Kier alpha value is -1.83. The van der Waals surface area contributed by atoms with E-state index in [1.165, 1.54) is 5.56 Å². The first-order chi connectivity index (χ1) is 10.8. The van der Waals surface area contributed by atoms with Gasteiger partial charge in [0.25, 0.3) is 0 Å². The Balaban J connectivity index is 2.40. The molecule has 2 unspecified atom stereocenters. The first-order valence-electron chi connectivity index (χ1n) is 7.47. The van der Waals surface area contributed by atoms with E-state index in [2.05, 4.69) is 54.5 Å². The first-order valence-corrected chi connectivity index (χ1v) is 7.91. The Morgan fingerprint density at radius 2 is 1.27 bits per heavy atom. The average molecular weight is 312 g/mol. The molecule has 0 saturated heterocycles. The highest BCUT2D eigenvalue weighted by atomic mass is 35.5. The van der Waals surface area contributed by atoms with E-state index >= 15 is 0 Å². The largest absolute Gasteiger partial charge is 0.287 e. The van der Waals surface area contributed by atoms with Crippen LogP contribution in [0.4, 0.5) is 0 Å². The molecule has 22 heavy (non-hydrogen) atoms. The van der Waals surface area contributed by atoms with Gasteiger partial charge in [0.15, 0.2) is 0 Å². The highest BCUT2D eigenvalue weighted by molar-refractivity contribution is 6.21. The van der Waals surface area contributed by atoms with Gasteiger partial charge in [-0.3, -0.25) is 4.90 Å². The number of rotatable bonds is 8. The summed E-state index contributed by atoms with van der Waals surface area (Å²) in [5.74, 6) is 0. The summed E-state index contributed by atoms with van der Waals surface area (Å²) in [5, 5.41) is -0.136. The van der Waals surface area contributed by atoms with Crippen molar-refractivity contribution in [3.05, 3.63) is 97.1 Å². The van der Waals surface area contributed by atoms with Crippen LogP contribution in [0.25, 0.3) is 0 Å². The Kier molecular flexibility index (Phi) is 6.45. The van der Waals surface area contributed by atoms with Gasteiger partial charge in [0.2, 0.25) is 0 Å². The lowest BCUT2D eigenvalue weighted by Gasteiger charge is -2.34. The van der Waals surface area contributed by atoms with Crippen LogP contribution in [-0.4, -0.2) is 18.0 Å². The lowest BCUT2D eigenvalue weighted by molar-refractivity contribution is 0.236. The molecule has 0 fully saturated rings. The van der Waals surface area contributed by atoms with Crippen molar-refractivity contribution < 1.29 is 0 Å². The second kappa shape index (κ2) is 8.57. The summed E-state index contributed by atoms with van der Waals surface area (Å²) >= 11 is 6.86. The zero-order chi connectivity index (χ0) is 15.8. The molecule has 114 valence electrons. The number of halogens is 1. The van der Waals surface area contributed by atoms with Gasteiger partial charge in [-0.1, -0.05) is 72.8 Å². The smallest absolute Gasteiger partial charge is 0.0782 e. The molecule has 0 aliphatic carbocycles. The summed E-state index contributed by atoms with van der Waals surface area (Å²) < 4.78 is 0. The molecule has 2 aromatic rings. The fourth-order valence-corrected chi connectivity index (χ4v) is 3.12. The van der Waals surface area contributed by atoms with E-state index < -0.39 is 0 Å². The fourth-order valence-electron chi connectivity index (χ4n) is 2.67. The molecule has 2 atom stereocenters. The Bertz CT molecular complexity index is 569. The third-order valence-electron chi connectivity index (χ3n) is 3.66. The summed E-state index contributed by atoms with van der Waals surface area (Å²) in [7, 11) is 0. The highest BCUT2D eigenvalue weighted by Gasteiger charge is 2.27. The summed E-state index contributed by atoms with van der Waals surface area (Å²) in [6.45, 7) is 9.27. The van der Waals surface area contributed by atoms with E-state index in [-0.39, 0.29) is 11.4 Å². The van der Waals surface area contributed by atoms with E-state index in [1.807, 2.05) is 36.4 Å². The molecule has 0 amide bonds. The second-order valence-electron chi connectivity index (χ2n) is 5.20. The zero-order valence-corrected chi connectivity index (χ0v) is 13.5. The maximum absolute atomic E-state index is 6.86. The van der Waals surface area contributed by atoms with Gasteiger partial charge < -0.3 is 0 Å². The predicted molar refractivity (Wildman–Crippen MR) is 96.2 cm³/mol. The standard InChI is InChI=1S/C20H22ClN/c1-3-15-22(16-4-2)20(18-13-9-6-10-14-18)19(21)17-11-7-5-8-12-17/h3-14,19-20H,1-2,15-16H2. The van der Waals surface area contributed by atoms with Gasteiger partial charge in [0.1, 0.15) is 0 Å². The van der Waals surface area contributed by atoms with E-state index in [0.717, 1.165) is 18.7 Å². The molecule has 1 nitrogen and oxygen atoms in total. The van der Waals surface area contributed by atoms with E-state index in [4.69, 9.17) is 11.6 Å². The third-order valence-corrected chi connectivity index (χ3v) is 4.15. The summed E-state index contributed by atoms with van der Waals surface area (Å²) in [4.78, 5) is 2.29. The SMILES string of the molecule is C=CCN(CC=C)C(c1ccccc1)C(Cl)c1ccccc1. The molecule has 0 aliphatic rings. The molecular formula is C20H22ClN. The second-order valence-corrected chi connectivity index (χ2v) is 5.67. The van der Waals surface area contributed by atoms with Crippen molar-refractivity contribution in [3.8, 4) is 0 Å². The third kappa shape index (κ3) is 4.09. The van der Waals surface area contributed by atoms with Crippen LogP contribution in [0.5, 0.6) is 0 Å². The number of nitrogens with zero attached hydrogens (tertiary/aromatic N) is 1. The molecule has 2 aromatic carbocycles. The molecule has 0 heterocycles. The molecule has 0 saturated carbocycles. The minimum absolute atomic E-state index is 0.0706. The summed E-state index contributed by atoms with van der Waals surface area (Å²) in [6.07, 6.45) is 3.82. The topological polar surface area (TPSA) is 3.24 Å². The van der Waals surface area contributed by atoms with Crippen molar-refractivity contribution in [2.45, 2.75) is 11.4 Å². The van der Waals surface area contributed by atoms with Gasteiger partial charge in [0, 0.05) is 13.1 Å². The molecule has 0 bridgehead atoms.